The van der Waals surface area contributed by atoms with Crippen LogP contribution in [0.15, 0.2) is 18.3 Å². The van der Waals surface area contributed by atoms with E-state index in [-0.39, 0.29) is 18.3 Å². The van der Waals surface area contributed by atoms with Crippen molar-refractivity contribution in [2.75, 3.05) is 6.54 Å². The first-order valence-corrected chi connectivity index (χ1v) is 8.29. The molecule has 1 aromatic rings. The van der Waals surface area contributed by atoms with Gasteiger partial charge in [0.25, 0.3) is 10.2 Å². The molecule has 2 heterocycles. The van der Waals surface area contributed by atoms with Crippen LogP contribution in [0.4, 0.5) is 0 Å². The monoisotopic (exact) mass is 313 g/mol. The smallest absolute Gasteiger partial charge is 0.354 e. The molecule has 7 nitrogen and oxygen atoms in total. The zero-order valence-electron chi connectivity index (χ0n) is 11.8. The van der Waals surface area contributed by atoms with E-state index in [1.807, 2.05) is 6.92 Å². The molecule has 2 rings (SSSR count). The van der Waals surface area contributed by atoms with Crippen LogP contribution >= 0.6 is 0 Å². The summed E-state index contributed by atoms with van der Waals surface area (Å²) >= 11 is 0. The van der Waals surface area contributed by atoms with Gasteiger partial charge < -0.3 is 5.11 Å². The van der Waals surface area contributed by atoms with Gasteiger partial charge in [0.1, 0.15) is 5.69 Å². The van der Waals surface area contributed by atoms with Crippen LogP contribution in [0.25, 0.3) is 0 Å². The summed E-state index contributed by atoms with van der Waals surface area (Å²) in [6.07, 6.45) is 4.16. The Morgan fingerprint density at radius 3 is 2.81 bits per heavy atom. The van der Waals surface area contributed by atoms with Crippen molar-refractivity contribution >= 4 is 16.2 Å². The molecule has 0 aromatic carbocycles. The molecule has 0 saturated carbocycles. The minimum atomic E-state index is -3.52. The average Bonchev–Trinajstić information content (AvgIpc) is 2.46. The number of piperidine rings is 1. The molecule has 2 N–H and O–H groups in total. The fourth-order valence-electron chi connectivity index (χ4n) is 2.34. The van der Waals surface area contributed by atoms with Gasteiger partial charge in [-0.05, 0) is 31.4 Å². The predicted molar refractivity (Wildman–Crippen MR) is 77.0 cm³/mol. The minimum Gasteiger partial charge on any atom is -0.477 e. The summed E-state index contributed by atoms with van der Waals surface area (Å²) in [6.45, 7) is 2.53. The van der Waals surface area contributed by atoms with Crippen molar-refractivity contribution in [2.45, 2.75) is 38.8 Å². The van der Waals surface area contributed by atoms with Crippen molar-refractivity contribution in [1.29, 1.82) is 0 Å². The Balaban J connectivity index is 1.99. The molecule has 116 valence electrons. The Morgan fingerprint density at radius 2 is 2.24 bits per heavy atom. The summed E-state index contributed by atoms with van der Waals surface area (Å²) in [5.41, 5.74) is 0.555. The van der Waals surface area contributed by atoms with Crippen LogP contribution in [-0.2, 0) is 16.8 Å². The van der Waals surface area contributed by atoms with Crippen LogP contribution in [-0.4, -0.2) is 41.4 Å². The molecule has 0 amide bonds. The second kappa shape index (κ2) is 6.50. The molecule has 1 unspecified atom stereocenters. The zero-order chi connectivity index (χ0) is 15.5. The summed E-state index contributed by atoms with van der Waals surface area (Å²) in [7, 11) is -3.52. The van der Waals surface area contributed by atoms with E-state index in [0.717, 1.165) is 19.3 Å². The summed E-state index contributed by atoms with van der Waals surface area (Å²) in [4.78, 5) is 14.4. The molecule has 0 aliphatic carbocycles. The summed E-state index contributed by atoms with van der Waals surface area (Å²) in [6, 6.07) is 2.91. The third-order valence-electron chi connectivity index (χ3n) is 3.55. The lowest BCUT2D eigenvalue weighted by atomic mass is 10.1. The minimum absolute atomic E-state index is 0.00348. The molecule has 21 heavy (non-hydrogen) atoms. The Hall–Kier alpha value is -1.51. The van der Waals surface area contributed by atoms with Gasteiger partial charge in [-0.15, -0.1) is 0 Å². The number of hydrogen-bond donors (Lipinski definition) is 2. The molecule has 8 heteroatoms. The number of nitrogens with one attached hydrogen (secondary N) is 1. The first-order valence-electron chi connectivity index (χ1n) is 6.85. The second-order valence-corrected chi connectivity index (χ2v) is 6.85. The standard InChI is InChI=1S/C13H19N3O4S/c1-10-4-2-3-7-16(10)21(19,20)15-9-11-5-6-12(13(17)18)14-8-11/h5-6,8,10,15H,2-4,7,9H2,1H3,(H,17,18). The molecule has 1 fully saturated rings. The highest BCUT2D eigenvalue weighted by Gasteiger charge is 2.28. The fourth-order valence-corrected chi connectivity index (χ4v) is 3.81. The Labute approximate surface area is 124 Å². The van der Waals surface area contributed by atoms with Crippen molar-refractivity contribution in [2.24, 2.45) is 0 Å². The summed E-state index contributed by atoms with van der Waals surface area (Å²) in [5.74, 6) is -1.11. The first kappa shape index (κ1) is 15.9. The average molecular weight is 313 g/mol. The molecule has 1 aromatic heterocycles. The maximum absolute atomic E-state index is 12.2. The summed E-state index contributed by atoms with van der Waals surface area (Å²) < 4.78 is 28.5. The maximum Gasteiger partial charge on any atom is 0.354 e. The lowest BCUT2D eigenvalue weighted by Crippen LogP contribution is -2.47. The van der Waals surface area contributed by atoms with Crippen molar-refractivity contribution in [1.82, 2.24) is 14.0 Å². The predicted octanol–water partition coefficient (Wildman–Crippen LogP) is 0.989. The Kier molecular flexibility index (Phi) is 4.92. The van der Waals surface area contributed by atoms with Crippen LogP contribution < -0.4 is 4.72 Å². The molecule has 0 bridgehead atoms. The van der Waals surface area contributed by atoms with E-state index in [2.05, 4.69) is 9.71 Å². The Morgan fingerprint density at radius 1 is 1.48 bits per heavy atom. The highest BCUT2D eigenvalue weighted by Crippen LogP contribution is 2.19. The van der Waals surface area contributed by atoms with E-state index in [1.165, 1.54) is 16.6 Å². The topological polar surface area (TPSA) is 99.6 Å². The van der Waals surface area contributed by atoms with Crippen molar-refractivity contribution in [3.63, 3.8) is 0 Å². The number of aromatic nitrogens is 1. The van der Waals surface area contributed by atoms with Crippen LogP contribution in [0, 0.1) is 0 Å². The van der Waals surface area contributed by atoms with E-state index >= 15 is 0 Å². The van der Waals surface area contributed by atoms with Gasteiger partial charge in [-0.3, -0.25) is 0 Å². The van der Waals surface area contributed by atoms with Crippen molar-refractivity contribution in [3.8, 4) is 0 Å². The fraction of sp³-hybridized carbons (Fsp3) is 0.538. The number of carbonyl (C=O) groups is 1. The molecular weight excluding hydrogens is 294 g/mol. The van der Waals surface area contributed by atoms with Crippen molar-refractivity contribution < 1.29 is 18.3 Å². The lowest BCUT2D eigenvalue weighted by molar-refractivity contribution is 0.0690. The molecule has 1 aliphatic rings. The van der Waals surface area contributed by atoms with Gasteiger partial charge in [-0.1, -0.05) is 12.5 Å². The van der Waals surface area contributed by atoms with E-state index in [1.54, 1.807) is 6.07 Å². The number of carboxylic acids is 1. The SMILES string of the molecule is CC1CCCCN1S(=O)(=O)NCc1ccc(C(=O)O)nc1. The highest BCUT2D eigenvalue weighted by molar-refractivity contribution is 7.87. The van der Waals surface area contributed by atoms with Gasteiger partial charge in [0.15, 0.2) is 0 Å². The normalized spacial score (nSPS) is 20.3. The molecule has 1 aliphatic heterocycles. The number of aromatic carboxylic acids is 1. The number of nitrogens with zero attached hydrogens (tertiary/aromatic N) is 2. The third kappa shape index (κ3) is 3.99. The van der Waals surface area contributed by atoms with Crippen molar-refractivity contribution in [3.05, 3.63) is 29.6 Å². The molecule has 0 spiro atoms. The van der Waals surface area contributed by atoms with Gasteiger partial charge in [-0.25, -0.2) is 9.78 Å². The van der Waals surface area contributed by atoms with Gasteiger partial charge in [0.05, 0.1) is 0 Å². The van der Waals surface area contributed by atoms with Gasteiger partial charge in [0.2, 0.25) is 0 Å². The van der Waals surface area contributed by atoms with E-state index in [4.69, 9.17) is 5.11 Å². The van der Waals surface area contributed by atoms with Gasteiger partial charge in [0, 0.05) is 25.3 Å². The van der Waals surface area contributed by atoms with Crippen LogP contribution in [0.2, 0.25) is 0 Å². The van der Waals surface area contributed by atoms with E-state index in [0.29, 0.717) is 12.1 Å². The number of carboxylic acid groups (broad SMARTS) is 1. The highest BCUT2D eigenvalue weighted by atomic mass is 32.2. The molecule has 0 radical (unpaired) electrons. The maximum atomic E-state index is 12.2. The Bertz CT molecular complexity index is 600. The molecule has 1 atom stereocenters. The molecular formula is C13H19N3O4S. The van der Waals surface area contributed by atoms with E-state index in [9.17, 15) is 13.2 Å². The van der Waals surface area contributed by atoms with Crippen LogP contribution in [0.3, 0.4) is 0 Å². The van der Waals surface area contributed by atoms with Crippen LogP contribution in [0.1, 0.15) is 42.2 Å². The largest absolute Gasteiger partial charge is 0.477 e. The molecule has 1 saturated heterocycles. The second-order valence-electron chi connectivity index (χ2n) is 5.14. The lowest BCUT2D eigenvalue weighted by Gasteiger charge is -2.32. The number of hydrogen-bond acceptors (Lipinski definition) is 4. The quantitative estimate of drug-likeness (QED) is 0.844. The van der Waals surface area contributed by atoms with Gasteiger partial charge >= 0.3 is 5.97 Å². The zero-order valence-corrected chi connectivity index (χ0v) is 12.6. The first-order chi connectivity index (χ1) is 9.90. The number of rotatable bonds is 5. The van der Waals surface area contributed by atoms with Gasteiger partial charge in [-0.2, -0.15) is 17.4 Å². The number of pyridine rings is 1. The van der Waals surface area contributed by atoms with Crippen LogP contribution in [0.5, 0.6) is 0 Å². The third-order valence-corrected chi connectivity index (χ3v) is 5.22. The van der Waals surface area contributed by atoms with E-state index < -0.39 is 16.2 Å². The summed E-state index contributed by atoms with van der Waals surface area (Å²) in [5, 5.41) is 8.75.